The van der Waals surface area contributed by atoms with E-state index in [2.05, 4.69) is 45.0 Å². The second-order valence-electron chi connectivity index (χ2n) is 6.97. The fraction of sp³-hybridized carbons (Fsp3) is 0.722. The smallest absolute Gasteiger partial charge is 0.191 e. The molecule has 0 bridgehead atoms. The lowest BCUT2D eigenvalue weighted by Crippen LogP contribution is -2.51. The van der Waals surface area contributed by atoms with Crippen LogP contribution >= 0.6 is 11.3 Å². The Bertz CT molecular complexity index is 519. The fourth-order valence-corrected chi connectivity index (χ4v) is 4.43. The Balaban J connectivity index is 1.36. The van der Waals surface area contributed by atoms with E-state index in [0.29, 0.717) is 12.0 Å². The number of guanidine groups is 1. The van der Waals surface area contributed by atoms with Gasteiger partial charge in [0.1, 0.15) is 0 Å². The van der Waals surface area contributed by atoms with Gasteiger partial charge in [0.15, 0.2) is 5.96 Å². The summed E-state index contributed by atoms with van der Waals surface area (Å²) in [4.78, 5) is 8.36. The molecule has 0 radical (unpaired) electrons. The molecule has 2 N–H and O–H groups in total. The highest BCUT2D eigenvalue weighted by atomic mass is 32.1. The summed E-state index contributed by atoms with van der Waals surface area (Å²) < 4.78 is 6.00. The highest BCUT2D eigenvalue weighted by Crippen LogP contribution is 2.22. The van der Waals surface area contributed by atoms with E-state index in [4.69, 9.17) is 4.74 Å². The molecule has 0 amide bonds. The summed E-state index contributed by atoms with van der Waals surface area (Å²) in [5, 5.41) is 9.01. The number of morpholine rings is 1. The zero-order valence-corrected chi connectivity index (χ0v) is 15.6. The quantitative estimate of drug-likeness (QED) is 0.608. The molecule has 0 aromatic carbocycles. The summed E-state index contributed by atoms with van der Waals surface area (Å²) in [6.07, 6.45) is 4.00. The molecular weight excluding hydrogens is 320 g/mol. The van der Waals surface area contributed by atoms with E-state index in [1.165, 1.54) is 24.3 Å². The summed E-state index contributed by atoms with van der Waals surface area (Å²) in [6.45, 7) is 7.19. The van der Waals surface area contributed by atoms with Crippen LogP contribution in [0.3, 0.4) is 0 Å². The molecule has 3 unspecified atom stereocenters. The molecule has 2 aliphatic rings. The Kier molecular flexibility index (Phi) is 6.51. The number of aliphatic imine (C=N–C) groups is 1. The van der Waals surface area contributed by atoms with Gasteiger partial charge >= 0.3 is 0 Å². The molecule has 24 heavy (non-hydrogen) atoms. The first-order valence-corrected chi connectivity index (χ1v) is 9.95. The molecule has 0 saturated carbocycles. The van der Waals surface area contributed by atoms with Crippen molar-refractivity contribution in [2.75, 3.05) is 39.8 Å². The summed E-state index contributed by atoms with van der Waals surface area (Å²) in [7, 11) is 1.83. The number of rotatable bonds is 6. The Morgan fingerprint density at radius 2 is 2.42 bits per heavy atom. The van der Waals surface area contributed by atoms with Gasteiger partial charge in [0.25, 0.3) is 0 Å². The largest absolute Gasteiger partial charge is 0.373 e. The van der Waals surface area contributed by atoms with E-state index in [1.807, 2.05) is 18.4 Å². The van der Waals surface area contributed by atoms with E-state index < -0.39 is 0 Å². The fourth-order valence-electron chi connectivity index (χ4n) is 3.56. The van der Waals surface area contributed by atoms with Gasteiger partial charge in [-0.15, -0.1) is 11.3 Å². The van der Waals surface area contributed by atoms with Crippen LogP contribution in [-0.2, 0) is 11.2 Å². The predicted octanol–water partition coefficient (Wildman–Crippen LogP) is 1.95. The number of ether oxygens (including phenoxy) is 1. The minimum Gasteiger partial charge on any atom is -0.373 e. The second-order valence-corrected chi connectivity index (χ2v) is 8.00. The van der Waals surface area contributed by atoms with Crippen molar-refractivity contribution in [2.24, 2.45) is 10.9 Å². The maximum Gasteiger partial charge on any atom is 0.191 e. The molecule has 3 rings (SSSR count). The van der Waals surface area contributed by atoms with Gasteiger partial charge in [-0.1, -0.05) is 13.0 Å². The van der Waals surface area contributed by atoms with Crippen LogP contribution in [0.25, 0.3) is 0 Å². The summed E-state index contributed by atoms with van der Waals surface area (Å²) in [5.41, 5.74) is 0. The van der Waals surface area contributed by atoms with Gasteiger partial charge in [0.2, 0.25) is 0 Å². The van der Waals surface area contributed by atoms with Gasteiger partial charge in [-0.25, -0.2) is 0 Å². The topological polar surface area (TPSA) is 48.9 Å². The average Bonchev–Trinajstić information content (AvgIpc) is 3.25. The van der Waals surface area contributed by atoms with Crippen molar-refractivity contribution in [3.8, 4) is 0 Å². The molecule has 2 fully saturated rings. The first-order valence-electron chi connectivity index (χ1n) is 9.07. The van der Waals surface area contributed by atoms with Crippen LogP contribution in [0.1, 0.15) is 24.6 Å². The van der Waals surface area contributed by atoms with Gasteiger partial charge < -0.3 is 15.4 Å². The van der Waals surface area contributed by atoms with Gasteiger partial charge in [-0.05, 0) is 43.2 Å². The third-order valence-corrected chi connectivity index (χ3v) is 5.83. The summed E-state index contributed by atoms with van der Waals surface area (Å²) >= 11 is 1.83. The summed E-state index contributed by atoms with van der Waals surface area (Å²) in [6, 6.07) is 4.99. The number of thiophene rings is 1. The molecule has 2 aliphatic heterocycles. The molecule has 3 heterocycles. The highest BCUT2D eigenvalue weighted by molar-refractivity contribution is 7.09. The van der Waals surface area contributed by atoms with Crippen LogP contribution in [-0.4, -0.2) is 62.8 Å². The molecule has 0 aliphatic carbocycles. The lowest BCUT2D eigenvalue weighted by atomic mass is 10.1. The molecule has 1 aromatic heterocycles. The number of hydrogen-bond donors (Lipinski definition) is 2. The van der Waals surface area contributed by atoms with Crippen molar-refractivity contribution in [1.29, 1.82) is 0 Å². The maximum absolute atomic E-state index is 6.00. The number of nitrogens with one attached hydrogen (secondary N) is 2. The Morgan fingerprint density at radius 3 is 3.21 bits per heavy atom. The summed E-state index contributed by atoms with van der Waals surface area (Å²) in [5.74, 6) is 1.46. The molecule has 3 atom stereocenters. The Morgan fingerprint density at radius 1 is 1.50 bits per heavy atom. The molecule has 5 nitrogen and oxygen atoms in total. The zero-order chi connectivity index (χ0) is 16.8. The molecule has 134 valence electrons. The van der Waals surface area contributed by atoms with Crippen LogP contribution in [0, 0.1) is 5.92 Å². The lowest BCUT2D eigenvalue weighted by molar-refractivity contribution is -0.0453. The normalized spacial score (nSPS) is 26.2. The molecule has 0 spiro atoms. The van der Waals surface area contributed by atoms with Crippen molar-refractivity contribution in [2.45, 2.75) is 38.3 Å². The van der Waals surface area contributed by atoms with Crippen molar-refractivity contribution < 1.29 is 4.74 Å². The molecule has 1 aromatic rings. The first kappa shape index (κ1) is 17.7. The Labute approximate surface area is 149 Å². The molecule has 2 saturated heterocycles. The van der Waals surface area contributed by atoms with Crippen molar-refractivity contribution in [1.82, 2.24) is 15.5 Å². The van der Waals surface area contributed by atoms with Gasteiger partial charge in [0, 0.05) is 37.6 Å². The van der Waals surface area contributed by atoms with Crippen molar-refractivity contribution in [3.63, 3.8) is 0 Å². The van der Waals surface area contributed by atoms with Crippen molar-refractivity contribution in [3.05, 3.63) is 22.4 Å². The highest BCUT2D eigenvalue weighted by Gasteiger charge is 2.32. The van der Waals surface area contributed by atoms with Crippen LogP contribution < -0.4 is 10.6 Å². The number of hydrogen-bond acceptors (Lipinski definition) is 4. The van der Waals surface area contributed by atoms with E-state index >= 15 is 0 Å². The predicted molar refractivity (Wildman–Crippen MR) is 101 cm³/mol. The van der Waals surface area contributed by atoms with Gasteiger partial charge in [-0.2, -0.15) is 0 Å². The van der Waals surface area contributed by atoms with Gasteiger partial charge in [-0.3, -0.25) is 9.89 Å². The second kappa shape index (κ2) is 8.83. The maximum atomic E-state index is 6.00. The van der Waals surface area contributed by atoms with E-state index in [9.17, 15) is 0 Å². The minimum absolute atomic E-state index is 0.265. The molecule has 6 heteroatoms. The first-order chi connectivity index (χ1) is 11.7. The van der Waals surface area contributed by atoms with E-state index in [1.54, 1.807) is 0 Å². The van der Waals surface area contributed by atoms with Crippen LogP contribution in [0.5, 0.6) is 0 Å². The minimum atomic E-state index is 0.265. The lowest BCUT2D eigenvalue weighted by Gasteiger charge is -2.35. The Hall–Kier alpha value is -1.11. The van der Waals surface area contributed by atoms with Crippen LogP contribution in [0.15, 0.2) is 22.5 Å². The van der Waals surface area contributed by atoms with E-state index in [0.717, 1.165) is 38.6 Å². The zero-order valence-electron chi connectivity index (χ0n) is 14.8. The third-order valence-electron chi connectivity index (χ3n) is 4.93. The van der Waals surface area contributed by atoms with Crippen molar-refractivity contribution >= 4 is 17.3 Å². The number of nitrogens with zero attached hydrogens (tertiary/aromatic N) is 2. The van der Waals surface area contributed by atoms with E-state index in [-0.39, 0.29) is 6.10 Å². The standard InChI is InChI=1S/C18H30N4OS/c1-14(9-17-6-4-8-24-17)10-20-18(19-2)21-11-16-12-22-7-3-5-15(22)13-23-16/h4,6,8,14-16H,3,5,7,9-13H2,1-2H3,(H2,19,20,21). The monoisotopic (exact) mass is 350 g/mol. The SMILES string of the molecule is CN=C(NCC(C)Cc1cccs1)NCC1CN2CCCC2CO1. The average molecular weight is 351 g/mol. The van der Waals surface area contributed by atoms with Crippen LogP contribution in [0.2, 0.25) is 0 Å². The third kappa shape index (κ3) is 4.94. The van der Waals surface area contributed by atoms with Gasteiger partial charge in [0.05, 0.1) is 12.7 Å². The van der Waals surface area contributed by atoms with Crippen LogP contribution in [0.4, 0.5) is 0 Å². The number of fused-ring (bicyclic) bond motifs is 1. The molecular formula is C18H30N4OS.